The molecule has 6 heteroatoms. The van der Waals surface area contributed by atoms with Crippen molar-refractivity contribution >= 4 is 17.2 Å². The summed E-state index contributed by atoms with van der Waals surface area (Å²) in [5, 5.41) is 0. The molecule has 0 aliphatic heterocycles. The van der Waals surface area contributed by atoms with Crippen LogP contribution in [0.1, 0.15) is 18.9 Å². The number of hydrogen-bond acceptors (Lipinski definition) is 3. The molecule has 1 aromatic heterocycles. The van der Waals surface area contributed by atoms with E-state index in [9.17, 15) is 4.79 Å². The summed E-state index contributed by atoms with van der Waals surface area (Å²) in [7, 11) is 0. The first-order valence-corrected chi connectivity index (χ1v) is 7.31. The maximum atomic E-state index is 11.8. The Kier molecular flexibility index (Phi) is 5.16. The molecule has 0 saturated carbocycles. The molecule has 0 radical (unpaired) electrons. The van der Waals surface area contributed by atoms with Crippen LogP contribution in [0.15, 0.2) is 41.5 Å². The van der Waals surface area contributed by atoms with Crippen LogP contribution in [-0.4, -0.2) is 20.7 Å². The van der Waals surface area contributed by atoms with Crippen molar-refractivity contribution in [3.05, 3.63) is 52.7 Å². The van der Waals surface area contributed by atoms with Gasteiger partial charge in [-0.15, -0.1) is 0 Å². The zero-order valence-electron chi connectivity index (χ0n) is 12.0. The molecule has 0 unspecified atom stereocenters. The third-order valence-electron chi connectivity index (χ3n) is 3.21. The van der Waals surface area contributed by atoms with Crippen molar-refractivity contribution in [2.75, 3.05) is 6.61 Å². The molecule has 5 nitrogen and oxygen atoms in total. The molecule has 0 spiro atoms. The van der Waals surface area contributed by atoms with Gasteiger partial charge in [0.2, 0.25) is 0 Å². The zero-order valence-corrected chi connectivity index (χ0v) is 12.8. The van der Waals surface area contributed by atoms with E-state index in [1.54, 1.807) is 15.3 Å². The molecule has 0 atom stereocenters. The largest absolute Gasteiger partial charge is 0.494 e. The molecule has 1 aromatic carbocycles. The van der Waals surface area contributed by atoms with Crippen LogP contribution in [0.2, 0.25) is 0 Å². The first-order valence-electron chi connectivity index (χ1n) is 6.90. The highest BCUT2D eigenvalue weighted by atomic mass is 32.1. The highest BCUT2D eigenvalue weighted by Crippen LogP contribution is 2.12. The molecule has 0 aliphatic carbocycles. The number of thiocarbonyl (C=S) groups is 1. The topological polar surface area (TPSA) is 62.2 Å². The molecule has 2 rings (SSSR count). The van der Waals surface area contributed by atoms with Gasteiger partial charge in [0.15, 0.2) is 0 Å². The van der Waals surface area contributed by atoms with Gasteiger partial charge in [-0.25, -0.2) is 4.79 Å². The predicted molar refractivity (Wildman–Crippen MR) is 86.8 cm³/mol. The second-order valence-electron chi connectivity index (χ2n) is 4.65. The molecule has 112 valence electrons. The van der Waals surface area contributed by atoms with Crippen LogP contribution >= 0.6 is 12.2 Å². The number of aromatic nitrogens is 2. The van der Waals surface area contributed by atoms with E-state index in [0.29, 0.717) is 24.7 Å². The van der Waals surface area contributed by atoms with Crippen LogP contribution in [0, 0.1) is 0 Å². The lowest BCUT2D eigenvalue weighted by Gasteiger charge is -2.07. The summed E-state index contributed by atoms with van der Waals surface area (Å²) >= 11 is 4.89. The van der Waals surface area contributed by atoms with Gasteiger partial charge in [-0.05, 0) is 37.6 Å². The number of aryl methyl sites for hydroxylation is 2. The van der Waals surface area contributed by atoms with Crippen LogP contribution in [0.5, 0.6) is 5.75 Å². The van der Waals surface area contributed by atoms with Gasteiger partial charge in [0.05, 0.1) is 6.61 Å². The molecule has 0 amide bonds. The molecule has 2 N–H and O–H groups in total. The van der Waals surface area contributed by atoms with Crippen LogP contribution in [0.25, 0.3) is 0 Å². The molecular formula is C15H19N3O2S. The van der Waals surface area contributed by atoms with Gasteiger partial charge < -0.3 is 10.5 Å². The molecular weight excluding hydrogens is 286 g/mol. The fourth-order valence-corrected chi connectivity index (χ4v) is 2.14. The monoisotopic (exact) mass is 305 g/mol. The number of benzene rings is 1. The zero-order chi connectivity index (χ0) is 15.2. The number of nitrogens with two attached hydrogens (primary N) is 1. The van der Waals surface area contributed by atoms with Gasteiger partial charge in [0.25, 0.3) is 0 Å². The fourth-order valence-electron chi connectivity index (χ4n) is 2.00. The van der Waals surface area contributed by atoms with E-state index < -0.39 is 0 Å². The minimum Gasteiger partial charge on any atom is -0.494 e. The van der Waals surface area contributed by atoms with Crippen LogP contribution in [0.3, 0.4) is 0 Å². The molecule has 0 aliphatic rings. The number of nitrogens with zero attached hydrogens (tertiary/aromatic N) is 2. The summed E-state index contributed by atoms with van der Waals surface area (Å²) < 4.78 is 9.00. The van der Waals surface area contributed by atoms with Crippen LogP contribution in [0.4, 0.5) is 0 Å². The highest BCUT2D eigenvalue weighted by Gasteiger charge is 2.02. The third-order valence-corrected chi connectivity index (χ3v) is 3.45. The van der Waals surface area contributed by atoms with Gasteiger partial charge in [0, 0.05) is 31.0 Å². The Morgan fingerprint density at radius 1 is 1.24 bits per heavy atom. The van der Waals surface area contributed by atoms with E-state index >= 15 is 0 Å². The minimum absolute atomic E-state index is 0.0262. The van der Waals surface area contributed by atoms with Gasteiger partial charge in [-0.3, -0.25) is 9.13 Å². The first-order chi connectivity index (χ1) is 10.1. The second-order valence-corrected chi connectivity index (χ2v) is 5.09. The quantitative estimate of drug-likeness (QED) is 0.625. The summed E-state index contributed by atoms with van der Waals surface area (Å²) in [6.45, 7) is 3.84. The second kappa shape index (κ2) is 7.08. The standard InChI is InChI=1S/C15H19N3O2S/c1-2-17-9-10-18(15(17)19)8-3-11-20-13-6-4-12(5-7-13)14(16)21/h4-7,9-10H,2-3,8,11H2,1H3,(H2,16,21). The molecule has 0 saturated heterocycles. The van der Waals surface area contributed by atoms with Crippen molar-refractivity contribution < 1.29 is 4.74 Å². The van der Waals surface area contributed by atoms with Crippen molar-refractivity contribution in [2.45, 2.75) is 26.4 Å². The SMILES string of the molecule is CCn1ccn(CCCOc2ccc(C(N)=S)cc2)c1=O. The van der Waals surface area contributed by atoms with Crippen molar-refractivity contribution in [1.29, 1.82) is 0 Å². The molecule has 2 aromatic rings. The third kappa shape index (κ3) is 3.95. The van der Waals surface area contributed by atoms with E-state index in [4.69, 9.17) is 22.7 Å². The molecule has 21 heavy (non-hydrogen) atoms. The lowest BCUT2D eigenvalue weighted by molar-refractivity contribution is 0.300. The van der Waals surface area contributed by atoms with E-state index in [-0.39, 0.29) is 5.69 Å². The van der Waals surface area contributed by atoms with Gasteiger partial charge in [-0.2, -0.15) is 0 Å². The molecule has 0 fully saturated rings. The number of rotatable bonds is 7. The first kappa shape index (κ1) is 15.3. The predicted octanol–water partition coefficient (Wildman–Crippen LogP) is 1.77. The van der Waals surface area contributed by atoms with Gasteiger partial charge in [0.1, 0.15) is 10.7 Å². The van der Waals surface area contributed by atoms with E-state index in [2.05, 4.69) is 0 Å². The average Bonchev–Trinajstić information content (AvgIpc) is 2.84. The van der Waals surface area contributed by atoms with Crippen molar-refractivity contribution in [3.63, 3.8) is 0 Å². The summed E-state index contributed by atoms with van der Waals surface area (Å²) in [6.07, 6.45) is 4.38. The Labute approximate surface area is 129 Å². The minimum atomic E-state index is 0.0262. The normalized spacial score (nSPS) is 10.5. The maximum absolute atomic E-state index is 11.8. The Balaban J connectivity index is 1.80. The number of hydrogen-bond donors (Lipinski definition) is 1. The summed E-state index contributed by atoms with van der Waals surface area (Å²) in [4.78, 5) is 12.2. The summed E-state index contributed by atoms with van der Waals surface area (Å²) in [5.41, 5.74) is 6.38. The van der Waals surface area contributed by atoms with Crippen LogP contribution < -0.4 is 16.2 Å². The number of imidazole rings is 1. The molecule has 1 heterocycles. The lowest BCUT2D eigenvalue weighted by atomic mass is 10.2. The van der Waals surface area contributed by atoms with Crippen molar-refractivity contribution in [3.8, 4) is 5.75 Å². The van der Waals surface area contributed by atoms with Crippen molar-refractivity contribution in [1.82, 2.24) is 9.13 Å². The van der Waals surface area contributed by atoms with Gasteiger partial charge >= 0.3 is 5.69 Å². The smallest absolute Gasteiger partial charge is 0.328 e. The highest BCUT2D eigenvalue weighted by molar-refractivity contribution is 7.80. The van der Waals surface area contributed by atoms with E-state index in [1.165, 1.54) is 0 Å². The Morgan fingerprint density at radius 3 is 2.48 bits per heavy atom. The Hall–Kier alpha value is -2.08. The lowest BCUT2D eigenvalue weighted by Crippen LogP contribution is -2.24. The summed E-state index contributed by atoms with van der Waals surface area (Å²) in [6, 6.07) is 7.36. The Morgan fingerprint density at radius 2 is 1.90 bits per heavy atom. The maximum Gasteiger partial charge on any atom is 0.328 e. The van der Waals surface area contributed by atoms with Crippen molar-refractivity contribution in [2.24, 2.45) is 5.73 Å². The Bertz CT molecular complexity index is 658. The fraction of sp³-hybridized carbons (Fsp3) is 0.333. The molecule has 0 bridgehead atoms. The van der Waals surface area contributed by atoms with E-state index in [1.807, 2.05) is 37.4 Å². The van der Waals surface area contributed by atoms with Crippen LogP contribution in [-0.2, 0) is 13.1 Å². The number of ether oxygens (including phenoxy) is 1. The van der Waals surface area contributed by atoms with E-state index in [0.717, 1.165) is 17.7 Å². The summed E-state index contributed by atoms with van der Waals surface area (Å²) in [5.74, 6) is 0.772. The van der Waals surface area contributed by atoms with Gasteiger partial charge in [-0.1, -0.05) is 12.2 Å². The average molecular weight is 305 g/mol.